The summed E-state index contributed by atoms with van der Waals surface area (Å²) < 4.78 is 10.5. The molecule has 5 heteroatoms. The Morgan fingerprint density at radius 1 is 1.16 bits per heavy atom. The predicted molar refractivity (Wildman–Crippen MR) is 92.2 cm³/mol. The number of hydrogen-bond acceptors (Lipinski definition) is 4. The molecule has 4 atom stereocenters. The molecule has 2 aliphatic rings. The van der Waals surface area contributed by atoms with Crippen molar-refractivity contribution in [2.75, 3.05) is 7.11 Å². The van der Waals surface area contributed by atoms with Gasteiger partial charge in [-0.2, -0.15) is 0 Å². The normalized spacial score (nSPS) is 27.4. The first-order chi connectivity index (χ1) is 12.1. The van der Waals surface area contributed by atoms with Crippen LogP contribution >= 0.6 is 0 Å². The van der Waals surface area contributed by atoms with Gasteiger partial charge in [0.05, 0.1) is 25.2 Å². The lowest BCUT2D eigenvalue weighted by Gasteiger charge is -2.25. The van der Waals surface area contributed by atoms with Crippen LogP contribution in [0.5, 0.6) is 0 Å². The number of esters is 1. The quantitative estimate of drug-likeness (QED) is 0.733. The molecule has 3 rings (SSSR count). The van der Waals surface area contributed by atoms with E-state index in [1.807, 2.05) is 12.1 Å². The van der Waals surface area contributed by atoms with Crippen LogP contribution in [0, 0.1) is 11.8 Å². The lowest BCUT2D eigenvalue weighted by Crippen LogP contribution is -2.33. The Bertz CT molecular complexity index is 626. The van der Waals surface area contributed by atoms with E-state index in [4.69, 9.17) is 4.74 Å². The molecule has 0 spiro atoms. The summed E-state index contributed by atoms with van der Waals surface area (Å²) in [5, 5.41) is 9.53. The largest absolute Gasteiger partial charge is 0.481 e. The molecule has 1 aromatic carbocycles. The van der Waals surface area contributed by atoms with Gasteiger partial charge < -0.3 is 14.6 Å². The molecule has 0 amide bonds. The topological polar surface area (TPSA) is 72.8 Å². The van der Waals surface area contributed by atoms with E-state index in [0.717, 1.165) is 38.5 Å². The second-order valence-corrected chi connectivity index (χ2v) is 7.06. The first-order valence-electron chi connectivity index (χ1n) is 9.12. The van der Waals surface area contributed by atoms with Crippen molar-refractivity contribution in [2.24, 2.45) is 11.8 Å². The second-order valence-electron chi connectivity index (χ2n) is 7.06. The number of carbonyl (C=O) groups excluding carboxylic acids is 1. The van der Waals surface area contributed by atoms with Gasteiger partial charge in [0.25, 0.3) is 0 Å². The van der Waals surface area contributed by atoms with E-state index in [2.05, 4.69) is 16.9 Å². The first kappa shape index (κ1) is 17.9. The van der Waals surface area contributed by atoms with E-state index in [1.165, 1.54) is 18.2 Å². The van der Waals surface area contributed by atoms with E-state index in [0.29, 0.717) is 6.42 Å². The minimum atomic E-state index is -0.719. The third-order valence-corrected chi connectivity index (χ3v) is 5.63. The Labute approximate surface area is 148 Å². The number of aliphatic carboxylic acids is 1. The maximum atomic E-state index is 11.6. The van der Waals surface area contributed by atoms with Crippen LogP contribution in [0.2, 0.25) is 0 Å². The molecule has 0 aliphatic carbocycles. The van der Waals surface area contributed by atoms with Gasteiger partial charge >= 0.3 is 11.9 Å². The van der Waals surface area contributed by atoms with Crippen LogP contribution in [0.25, 0.3) is 0 Å². The van der Waals surface area contributed by atoms with E-state index in [9.17, 15) is 14.7 Å². The summed E-state index contributed by atoms with van der Waals surface area (Å²) in [4.78, 5) is 22.9. The summed E-state index contributed by atoms with van der Waals surface area (Å²) in [6.45, 7) is 0. The van der Waals surface area contributed by atoms with E-state index < -0.39 is 5.97 Å². The van der Waals surface area contributed by atoms with Crippen LogP contribution in [0.15, 0.2) is 24.3 Å². The Kier molecular flexibility index (Phi) is 5.74. The zero-order valence-electron chi connectivity index (χ0n) is 14.6. The molecule has 2 aliphatic heterocycles. The molecule has 2 bridgehead atoms. The number of fused-ring (bicyclic) bond motifs is 2. The zero-order valence-corrected chi connectivity index (χ0v) is 14.6. The Balaban J connectivity index is 1.59. The SMILES string of the molecule is COC(=O)CCCc1ccccc1CC[C@@H]1[C@H](C(=O)O)[C@H]2CC[C@@H]1O2. The Hall–Kier alpha value is -1.88. The number of carboxylic acid groups (broad SMARTS) is 1. The van der Waals surface area contributed by atoms with Crippen molar-refractivity contribution in [2.45, 2.75) is 57.2 Å². The molecule has 1 N–H and O–H groups in total. The Morgan fingerprint density at radius 3 is 2.52 bits per heavy atom. The fourth-order valence-corrected chi connectivity index (χ4v) is 4.38. The van der Waals surface area contributed by atoms with E-state index in [1.54, 1.807) is 0 Å². The van der Waals surface area contributed by atoms with Crippen molar-refractivity contribution in [1.29, 1.82) is 0 Å². The molecule has 2 fully saturated rings. The number of carbonyl (C=O) groups is 2. The van der Waals surface area contributed by atoms with E-state index in [-0.39, 0.29) is 30.0 Å². The molecule has 0 radical (unpaired) electrons. The van der Waals surface area contributed by atoms with Crippen LogP contribution < -0.4 is 0 Å². The number of ether oxygens (including phenoxy) is 2. The average molecular weight is 346 g/mol. The van der Waals surface area contributed by atoms with Crippen LogP contribution in [0.1, 0.15) is 43.2 Å². The number of benzene rings is 1. The average Bonchev–Trinajstić information content (AvgIpc) is 3.21. The number of aryl methyl sites for hydroxylation is 2. The molecule has 0 saturated carbocycles. The highest BCUT2D eigenvalue weighted by Crippen LogP contribution is 2.45. The molecular formula is C20H26O5. The second kappa shape index (κ2) is 8.00. The highest BCUT2D eigenvalue weighted by Gasteiger charge is 2.51. The summed E-state index contributed by atoms with van der Waals surface area (Å²) in [7, 11) is 1.41. The highest BCUT2D eigenvalue weighted by molar-refractivity contribution is 5.72. The van der Waals surface area contributed by atoms with Crippen molar-refractivity contribution in [3.63, 3.8) is 0 Å². The minimum absolute atomic E-state index is 0.0946. The summed E-state index contributed by atoms with van der Waals surface area (Å²) in [6.07, 6.45) is 5.59. The van der Waals surface area contributed by atoms with Gasteiger partial charge in [-0.3, -0.25) is 9.59 Å². The molecule has 1 aromatic rings. The summed E-state index contributed by atoms with van der Waals surface area (Å²) in [5.41, 5.74) is 2.49. The van der Waals surface area contributed by atoms with Crippen molar-refractivity contribution in [1.82, 2.24) is 0 Å². The van der Waals surface area contributed by atoms with Crippen LogP contribution in [0.3, 0.4) is 0 Å². The fourth-order valence-electron chi connectivity index (χ4n) is 4.38. The van der Waals surface area contributed by atoms with Gasteiger partial charge in [-0.05, 0) is 49.7 Å². The monoisotopic (exact) mass is 346 g/mol. The number of methoxy groups -OCH3 is 1. The molecule has 5 nitrogen and oxygen atoms in total. The first-order valence-corrected chi connectivity index (χ1v) is 9.12. The van der Waals surface area contributed by atoms with Gasteiger partial charge in [-0.1, -0.05) is 24.3 Å². The van der Waals surface area contributed by atoms with Gasteiger partial charge in [-0.25, -0.2) is 0 Å². The maximum Gasteiger partial charge on any atom is 0.309 e. The summed E-state index contributed by atoms with van der Waals surface area (Å²) >= 11 is 0. The van der Waals surface area contributed by atoms with Crippen LogP contribution in [-0.4, -0.2) is 36.4 Å². The molecule has 2 saturated heterocycles. The van der Waals surface area contributed by atoms with Gasteiger partial charge in [-0.15, -0.1) is 0 Å². The van der Waals surface area contributed by atoms with Crippen molar-refractivity contribution in [3.8, 4) is 0 Å². The number of carboxylic acids is 1. The zero-order chi connectivity index (χ0) is 17.8. The van der Waals surface area contributed by atoms with Crippen molar-refractivity contribution in [3.05, 3.63) is 35.4 Å². The van der Waals surface area contributed by atoms with Crippen LogP contribution in [0.4, 0.5) is 0 Å². The summed E-state index contributed by atoms with van der Waals surface area (Å²) in [6, 6.07) is 8.23. The molecule has 0 aromatic heterocycles. The van der Waals surface area contributed by atoms with Gasteiger partial charge in [0.2, 0.25) is 0 Å². The smallest absolute Gasteiger partial charge is 0.309 e. The predicted octanol–water partition coefficient (Wildman–Crippen LogP) is 2.99. The number of rotatable bonds is 8. The van der Waals surface area contributed by atoms with Crippen molar-refractivity contribution < 1.29 is 24.2 Å². The van der Waals surface area contributed by atoms with Gasteiger partial charge in [0, 0.05) is 12.3 Å². The molecule has 136 valence electrons. The fraction of sp³-hybridized carbons (Fsp3) is 0.600. The van der Waals surface area contributed by atoms with Gasteiger partial charge in [0.1, 0.15) is 0 Å². The summed E-state index contributed by atoms with van der Waals surface area (Å²) in [5.74, 6) is -1.14. The number of hydrogen-bond donors (Lipinski definition) is 1. The van der Waals surface area contributed by atoms with Crippen molar-refractivity contribution >= 4 is 11.9 Å². The van der Waals surface area contributed by atoms with E-state index >= 15 is 0 Å². The molecule has 2 heterocycles. The lowest BCUT2D eigenvalue weighted by molar-refractivity contribution is -0.145. The minimum Gasteiger partial charge on any atom is -0.481 e. The molecule has 0 unspecified atom stereocenters. The Morgan fingerprint density at radius 2 is 1.84 bits per heavy atom. The highest BCUT2D eigenvalue weighted by atomic mass is 16.5. The maximum absolute atomic E-state index is 11.6. The standard InChI is InChI=1S/C20H26O5/c1-24-18(21)8-4-7-13-5-2-3-6-14(13)9-10-15-16-11-12-17(25-16)19(15)20(22)23/h2-3,5-6,15-17,19H,4,7-12H2,1H3,(H,22,23)/t15-,16-,17+,19-/m0/s1. The van der Waals surface area contributed by atoms with Crippen LogP contribution in [-0.2, 0) is 31.9 Å². The molecule has 25 heavy (non-hydrogen) atoms. The molecular weight excluding hydrogens is 320 g/mol. The van der Waals surface area contributed by atoms with Gasteiger partial charge in [0.15, 0.2) is 0 Å². The third-order valence-electron chi connectivity index (χ3n) is 5.63. The third kappa shape index (κ3) is 4.03. The lowest BCUT2D eigenvalue weighted by atomic mass is 9.76.